The molecule has 0 fully saturated rings. The second kappa shape index (κ2) is 6.84. The van der Waals surface area contributed by atoms with E-state index in [1.54, 1.807) is 24.9 Å². The number of aromatic nitrogens is 2. The molecule has 6 heteroatoms. The van der Waals surface area contributed by atoms with E-state index in [2.05, 4.69) is 5.10 Å². The van der Waals surface area contributed by atoms with E-state index < -0.39 is 17.7 Å². The van der Waals surface area contributed by atoms with E-state index in [-0.39, 0.29) is 11.5 Å². The molecule has 1 heterocycles. The molecule has 128 valence electrons. The Morgan fingerprint density at radius 1 is 1.16 bits per heavy atom. The predicted octanol–water partition coefficient (Wildman–Crippen LogP) is 3.98. The molecule has 0 spiro atoms. The SMILES string of the molecule is CC(c1cc(F)ccc1F)N(C)C(=O)c1cnn(-c2ccccc2)c1. The summed E-state index contributed by atoms with van der Waals surface area (Å²) in [6, 6.07) is 12.0. The Morgan fingerprint density at radius 3 is 2.60 bits per heavy atom. The van der Waals surface area contributed by atoms with Crippen LogP contribution >= 0.6 is 0 Å². The molecule has 0 saturated heterocycles. The van der Waals surface area contributed by atoms with Crippen LogP contribution in [-0.2, 0) is 0 Å². The van der Waals surface area contributed by atoms with Gasteiger partial charge in [0, 0.05) is 18.8 Å². The lowest BCUT2D eigenvalue weighted by Gasteiger charge is -2.25. The van der Waals surface area contributed by atoms with Gasteiger partial charge in [0.05, 0.1) is 23.5 Å². The molecule has 1 amide bonds. The Balaban J connectivity index is 1.83. The van der Waals surface area contributed by atoms with Crippen molar-refractivity contribution in [2.24, 2.45) is 0 Å². The normalized spacial score (nSPS) is 12.0. The fourth-order valence-electron chi connectivity index (χ4n) is 2.58. The van der Waals surface area contributed by atoms with E-state index in [4.69, 9.17) is 0 Å². The van der Waals surface area contributed by atoms with Gasteiger partial charge in [-0.25, -0.2) is 13.5 Å². The fraction of sp³-hybridized carbons (Fsp3) is 0.158. The summed E-state index contributed by atoms with van der Waals surface area (Å²) < 4.78 is 28.9. The highest BCUT2D eigenvalue weighted by molar-refractivity contribution is 5.93. The van der Waals surface area contributed by atoms with Gasteiger partial charge in [-0.15, -0.1) is 0 Å². The summed E-state index contributed by atoms with van der Waals surface area (Å²) in [6.45, 7) is 1.65. The zero-order valence-electron chi connectivity index (χ0n) is 13.9. The van der Waals surface area contributed by atoms with Crippen LogP contribution in [0, 0.1) is 11.6 Å². The molecule has 0 aliphatic rings. The molecule has 0 radical (unpaired) electrons. The molecule has 2 aromatic carbocycles. The first-order chi connectivity index (χ1) is 12.0. The van der Waals surface area contributed by atoms with Gasteiger partial charge in [0.1, 0.15) is 11.6 Å². The maximum atomic E-state index is 14.0. The molecule has 1 unspecified atom stereocenters. The summed E-state index contributed by atoms with van der Waals surface area (Å²) in [5, 5.41) is 4.19. The van der Waals surface area contributed by atoms with Crippen molar-refractivity contribution in [2.75, 3.05) is 7.05 Å². The van der Waals surface area contributed by atoms with Crippen molar-refractivity contribution in [2.45, 2.75) is 13.0 Å². The molecule has 1 aromatic heterocycles. The minimum atomic E-state index is -0.622. The summed E-state index contributed by atoms with van der Waals surface area (Å²) in [7, 11) is 1.55. The largest absolute Gasteiger partial charge is 0.335 e. The van der Waals surface area contributed by atoms with Crippen LogP contribution in [-0.4, -0.2) is 27.6 Å². The van der Waals surface area contributed by atoms with Gasteiger partial charge in [-0.05, 0) is 37.3 Å². The number of nitrogens with zero attached hydrogens (tertiary/aromatic N) is 3. The van der Waals surface area contributed by atoms with Crippen molar-refractivity contribution in [3.05, 3.63) is 83.7 Å². The van der Waals surface area contributed by atoms with Crippen molar-refractivity contribution in [3.63, 3.8) is 0 Å². The van der Waals surface area contributed by atoms with Crippen molar-refractivity contribution < 1.29 is 13.6 Å². The average Bonchev–Trinajstić information content (AvgIpc) is 3.13. The molecule has 0 saturated carbocycles. The van der Waals surface area contributed by atoms with Crippen LogP contribution in [0.2, 0.25) is 0 Å². The second-order valence-corrected chi connectivity index (χ2v) is 5.77. The first kappa shape index (κ1) is 16.8. The zero-order chi connectivity index (χ0) is 18.0. The smallest absolute Gasteiger partial charge is 0.257 e. The molecule has 0 N–H and O–H groups in total. The number of hydrogen-bond acceptors (Lipinski definition) is 2. The van der Waals surface area contributed by atoms with E-state index in [1.807, 2.05) is 30.3 Å². The van der Waals surface area contributed by atoms with Crippen molar-refractivity contribution >= 4 is 5.91 Å². The number of para-hydroxylation sites is 1. The van der Waals surface area contributed by atoms with Gasteiger partial charge in [0.2, 0.25) is 0 Å². The number of rotatable bonds is 4. The highest BCUT2D eigenvalue weighted by atomic mass is 19.1. The lowest BCUT2D eigenvalue weighted by molar-refractivity contribution is 0.0740. The molecule has 1 atom stereocenters. The Hall–Kier alpha value is -3.02. The van der Waals surface area contributed by atoms with Crippen LogP contribution in [0.4, 0.5) is 8.78 Å². The predicted molar refractivity (Wildman–Crippen MR) is 90.4 cm³/mol. The molecule has 4 nitrogen and oxygen atoms in total. The van der Waals surface area contributed by atoms with Gasteiger partial charge >= 0.3 is 0 Å². The van der Waals surface area contributed by atoms with Crippen LogP contribution in [0.15, 0.2) is 60.9 Å². The van der Waals surface area contributed by atoms with E-state index in [0.717, 1.165) is 23.9 Å². The first-order valence-electron chi connectivity index (χ1n) is 7.79. The first-order valence-corrected chi connectivity index (χ1v) is 7.79. The van der Waals surface area contributed by atoms with Crippen LogP contribution in [0.25, 0.3) is 5.69 Å². The molecule has 0 aliphatic carbocycles. The van der Waals surface area contributed by atoms with Crippen LogP contribution < -0.4 is 0 Å². The molecule has 25 heavy (non-hydrogen) atoms. The topological polar surface area (TPSA) is 38.1 Å². The third-order valence-electron chi connectivity index (χ3n) is 4.16. The number of carbonyl (C=O) groups is 1. The van der Waals surface area contributed by atoms with Crippen molar-refractivity contribution in [1.29, 1.82) is 0 Å². The average molecular weight is 341 g/mol. The third-order valence-corrected chi connectivity index (χ3v) is 4.16. The maximum absolute atomic E-state index is 14.0. The van der Waals surface area contributed by atoms with E-state index in [0.29, 0.717) is 5.56 Å². The minimum absolute atomic E-state index is 0.131. The van der Waals surface area contributed by atoms with E-state index in [9.17, 15) is 13.6 Å². The molecule has 3 rings (SSSR count). The number of halogens is 2. The summed E-state index contributed by atoms with van der Waals surface area (Å²) >= 11 is 0. The summed E-state index contributed by atoms with van der Waals surface area (Å²) in [4.78, 5) is 14.0. The fourth-order valence-corrected chi connectivity index (χ4v) is 2.58. The highest BCUT2D eigenvalue weighted by Crippen LogP contribution is 2.24. The van der Waals surface area contributed by atoms with E-state index in [1.165, 1.54) is 11.1 Å². The Bertz CT molecular complexity index is 893. The van der Waals surface area contributed by atoms with Crippen LogP contribution in [0.5, 0.6) is 0 Å². The van der Waals surface area contributed by atoms with Crippen molar-refractivity contribution in [1.82, 2.24) is 14.7 Å². The summed E-state index contributed by atoms with van der Waals surface area (Å²) in [5.74, 6) is -1.41. The Labute approximate surface area is 144 Å². The van der Waals surface area contributed by atoms with Gasteiger partial charge < -0.3 is 4.90 Å². The van der Waals surface area contributed by atoms with Crippen molar-refractivity contribution in [3.8, 4) is 5.69 Å². The van der Waals surface area contributed by atoms with Gasteiger partial charge in [-0.1, -0.05) is 18.2 Å². The van der Waals surface area contributed by atoms with Gasteiger partial charge in [-0.2, -0.15) is 5.10 Å². The van der Waals surface area contributed by atoms with Gasteiger partial charge in [-0.3, -0.25) is 4.79 Å². The standard InChI is InChI=1S/C19H17F2N3O/c1-13(17-10-15(20)8-9-18(17)21)23(2)19(25)14-11-22-24(12-14)16-6-4-3-5-7-16/h3-13H,1-2H3. The number of amides is 1. The van der Waals surface area contributed by atoms with Crippen LogP contribution in [0.3, 0.4) is 0 Å². The Morgan fingerprint density at radius 2 is 1.88 bits per heavy atom. The molecular weight excluding hydrogens is 324 g/mol. The van der Waals surface area contributed by atoms with Gasteiger partial charge in [0.25, 0.3) is 5.91 Å². The monoisotopic (exact) mass is 341 g/mol. The Kier molecular flexibility index (Phi) is 4.61. The summed E-state index contributed by atoms with van der Waals surface area (Å²) in [6.07, 6.45) is 3.07. The van der Waals surface area contributed by atoms with Gasteiger partial charge in [0.15, 0.2) is 0 Å². The summed E-state index contributed by atoms with van der Waals surface area (Å²) in [5.41, 5.74) is 1.33. The minimum Gasteiger partial charge on any atom is -0.335 e. The maximum Gasteiger partial charge on any atom is 0.257 e. The zero-order valence-corrected chi connectivity index (χ0v) is 13.9. The number of carbonyl (C=O) groups excluding carboxylic acids is 1. The van der Waals surface area contributed by atoms with Crippen LogP contribution in [0.1, 0.15) is 28.9 Å². The molecule has 0 aliphatic heterocycles. The highest BCUT2D eigenvalue weighted by Gasteiger charge is 2.23. The molecule has 0 bridgehead atoms. The quantitative estimate of drug-likeness (QED) is 0.720. The van der Waals surface area contributed by atoms with E-state index >= 15 is 0 Å². The molecular formula is C19H17F2N3O. The number of benzene rings is 2. The lowest BCUT2D eigenvalue weighted by atomic mass is 10.1. The lowest BCUT2D eigenvalue weighted by Crippen LogP contribution is -2.30. The number of hydrogen-bond donors (Lipinski definition) is 0. The second-order valence-electron chi connectivity index (χ2n) is 5.77. The molecule has 3 aromatic rings. The third kappa shape index (κ3) is 3.42.